The van der Waals surface area contributed by atoms with Crippen LogP contribution in [0.2, 0.25) is 0 Å². The van der Waals surface area contributed by atoms with Gasteiger partial charge >= 0.3 is 0 Å². The first-order chi connectivity index (χ1) is 13.7. The summed E-state index contributed by atoms with van der Waals surface area (Å²) in [5.41, 5.74) is 8.68. The van der Waals surface area contributed by atoms with E-state index in [1.54, 1.807) is 0 Å². The topological polar surface area (TPSA) is 17.8 Å². The number of hydrogen-bond donors (Lipinski definition) is 0. The van der Waals surface area contributed by atoms with Crippen molar-refractivity contribution in [1.82, 2.24) is 9.55 Å². The zero-order valence-electron chi connectivity index (χ0n) is 17.5. The van der Waals surface area contributed by atoms with E-state index in [0.717, 1.165) is 32.6 Å². The van der Waals surface area contributed by atoms with Crippen LogP contribution in [0.3, 0.4) is 0 Å². The van der Waals surface area contributed by atoms with Gasteiger partial charge in [0.25, 0.3) is 0 Å². The molecule has 0 amide bonds. The molecule has 0 saturated heterocycles. The molecule has 1 heterocycles. The third kappa shape index (κ3) is 3.44. The molecule has 0 atom stereocenters. The molecular formula is C25H24BBrN2. The molecule has 3 aromatic carbocycles. The van der Waals surface area contributed by atoms with Gasteiger partial charge in [-0.1, -0.05) is 62.6 Å². The highest BCUT2D eigenvalue weighted by atomic mass is 79.9. The van der Waals surface area contributed by atoms with Crippen molar-refractivity contribution < 1.29 is 0 Å². The second-order valence-electron chi connectivity index (χ2n) is 8.67. The molecular weight excluding hydrogens is 419 g/mol. The maximum absolute atomic E-state index is 6.22. The van der Waals surface area contributed by atoms with Crippen LogP contribution in [-0.4, -0.2) is 17.4 Å². The maximum Gasteiger partial charge on any atom is 0.146 e. The van der Waals surface area contributed by atoms with E-state index in [2.05, 4.69) is 97.6 Å². The standard InChI is InChI=1S/C25H24BBrN2/c1-15-8-6-9-16(2)22(15)24-28-19-14-17(25(3,4)5)12-13-20(19)29(24)21-11-7-10-18(26)23(21)27/h6-14H,1-5H3. The van der Waals surface area contributed by atoms with Gasteiger partial charge in [0, 0.05) is 10.0 Å². The zero-order chi connectivity index (χ0) is 20.9. The number of hydrogen-bond acceptors (Lipinski definition) is 1. The van der Waals surface area contributed by atoms with E-state index < -0.39 is 0 Å². The van der Waals surface area contributed by atoms with Crippen LogP contribution in [0.1, 0.15) is 37.5 Å². The number of benzene rings is 3. The molecule has 0 aliphatic heterocycles. The van der Waals surface area contributed by atoms with Crippen LogP contribution >= 0.6 is 15.9 Å². The summed E-state index contributed by atoms with van der Waals surface area (Å²) in [6, 6.07) is 18.9. The fraction of sp³-hybridized carbons (Fsp3) is 0.240. The van der Waals surface area contributed by atoms with Crippen molar-refractivity contribution in [2.45, 2.75) is 40.0 Å². The Morgan fingerprint density at radius 3 is 2.24 bits per heavy atom. The molecule has 0 fully saturated rings. The van der Waals surface area contributed by atoms with Crippen molar-refractivity contribution >= 4 is 40.3 Å². The molecule has 0 bridgehead atoms. The Labute approximate surface area is 182 Å². The molecule has 0 N–H and O–H groups in total. The van der Waals surface area contributed by atoms with Crippen LogP contribution in [0.25, 0.3) is 28.1 Å². The molecule has 0 aliphatic carbocycles. The minimum atomic E-state index is 0.0640. The van der Waals surface area contributed by atoms with E-state index in [4.69, 9.17) is 12.8 Å². The predicted octanol–water partition coefficient (Wildman–Crippen LogP) is 6.16. The normalized spacial score (nSPS) is 11.9. The monoisotopic (exact) mass is 442 g/mol. The summed E-state index contributed by atoms with van der Waals surface area (Å²) >= 11 is 3.70. The summed E-state index contributed by atoms with van der Waals surface area (Å²) in [5, 5.41) is 0. The highest BCUT2D eigenvalue weighted by molar-refractivity contribution is 9.10. The van der Waals surface area contributed by atoms with Crippen LogP contribution in [0, 0.1) is 13.8 Å². The number of fused-ring (bicyclic) bond motifs is 1. The Kier molecular flexibility index (Phi) is 4.94. The second-order valence-corrected chi connectivity index (χ2v) is 9.46. The van der Waals surface area contributed by atoms with Gasteiger partial charge < -0.3 is 0 Å². The van der Waals surface area contributed by atoms with Crippen LogP contribution in [0.5, 0.6) is 0 Å². The lowest BCUT2D eigenvalue weighted by Crippen LogP contribution is -2.11. The Balaban J connectivity index is 2.13. The number of imidazole rings is 1. The highest BCUT2D eigenvalue weighted by Gasteiger charge is 2.21. The lowest BCUT2D eigenvalue weighted by atomic mass is 9.87. The van der Waals surface area contributed by atoms with E-state index in [1.807, 2.05) is 12.1 Å². The third-order valence-corrected chi connectivity index (χ3v) is 6.34. The van der Waals surface area contributed by atoms with Crippen LogP contribution in [-0.2, 0) is 5.41 Å². The van der Waals surface area contributed by atoms with Crippen molar-refractivity contribution in [2.24, 2.45) is 0 Å². The summed E-state index contributed by atoms with van der Waals surface area (Å²) in [6.07, 6.45) is 0. The van der Waals surface area contributed by atoms with Crippen LogP contribution < -0.4 is 5.46 Å². The summed E-state index contributed by atoms with van der Waals surface area (Å²) in [5.74, 6) is 0.938. The molecule has 0 aliphatic rings. The minimum Gasteiger partial charge on any atom is -0.291 e. The maximum atomic E-state index is 6.22. The Bertz CT molecular complexity index is 1210. The van der Waals surface area contributed by atoms with E-state index in [9.17, 15) is 0 Å². The molecule has 2 nitrogen and oxygen atoms in total. The minimum absolute atomic E-state index is 0.0640. The highest BCUT2D eigenvalue weighted by Crippen LogP contribution is 2.36. The van der Waals surface area contributed by atoms with Gasteiger partial charge in [0.2, 0.25) is 0 Å². The molecule has 0 unspecified atom stereocenters. The molecule has 29 heavy (non-hydrogen) atoms. The van der Waals surface area contributed by atoms with Gasteiger partial charge in [0.05, 0.1) is 16.7 Å². The average molecular weight is 443 g/mol. The fourth-order valence-corrected chi connectivity index (χ4v) is 4.28. The molecule has 4 aromatic rings. The van der Waals surface area contributed by atoms with Gasteiger partial charge in [0.15, 0.2) is 0 Å². The molecule has 1 aromatic heterocycles. The largest absolute Gasteiger partial charge is 0.291 e. The number of aryl methyl sites for hydroxylation is 2. The van der Waals surface area contributed by atoms with E-state index in [0.29, 0.717) is 5.46 Å². The van der Waals surface area contributed by atoms with Crippen molar-refractivity contribution in [1.29, 1.82) is 0 Å². The van der Waals surface area contributed by atoms with E-state index in [1.165, 1.54) is 16.7 Å². The van der Waals surface area contributed by atoms with E-state index >= 15 is 0 Å². The molecule has 4 rings (SSSR count). The molecule has 4 heteroatoms. The van der Waals surface area contributed by atoms with Crippen molar-refractivity contribution in [3.63, 3.8) is 0 Å². The molecule has 0 saturated carbocycles. The first kappa shape index (κ1) is 20.0. The lowest BCUT2D eigenvalue weighted by Gasteiger charge is -2.19. The van der Waals surface area contributed by atoms with Crippen molar-refractivity contribution in [2.75, 3.05) is 0 Å². The predicted molar refractivity (Wildman–Crippen MR) is 128 cm³/mol. The summed E-state index contributed by atoms with van der Waals surface area (Å²) in [4.78, 5) is 5.13. The zero-order valence-corrected chi connectivity index (χ0v) is 19.1. The number of halogens is 1. The number of nitrogens with zero attached hydrogens (tertiary/aromatic N) is 2. The molecule has 144 valence electrons. The number of aromatic nitrogens is 2. The first-order valence-corrected chi connectivity index (χ1v) is 10.6. The molecule has 0 spiro atoms. The van der Waals surface area contributed by atoms with Gasteiger partial charge in [0.1, 0.15) is 13.7 Å². The number of rotatable bonds is 2. The average Bonchev–Trinajstić information content (AvgIpc) is 3.01. The Morgan fingerprint density at radius 1 is 0.931 bits per heavy atom. The van der Waals surface area contributed by atoms with Gasteiger partial charge in [-0.15, -0.1) is 0 Å². The second kappa shape index (κ2) is 7.18. The van der Waals surface area contributed by atoms with E-state index in [-0.39, 0.29) is 5.41 Å². The first-order valence-electron chi connectivity index (χ1n) is 9.82. The molecule has 2 radical (unpaired) electrons. The van der Waals surface area contributed by atoms with Gasteiger partial charge in [-0.25, -0.2) is 4.98 Å². The van der Waals surface area contributed by atoms with Gasteiger partial charge in [-0.3, -0.25) is 4.57 Å². The van der Waals surface area contributed by atoms with Crippen molar-refractivity contribution in [3.8, 4) is 17.1 Å². The summed E-state index contributed by atoms with van der Waals surface area (Å²) in [7, 11) is 6.22. The smallest absolute Gasteiger partial charge is 0.146 e. The van der Waals surface area contributed by atoms with Crippen LogP contribution in [0.4, 0.5) is 0 Å². The summed E-state index contributed by atoms with van der Waals surface area (Å²) < 4.78 is 3.10. The Hall–Kier alpha value is -2.33. The third-order valence-electron chi connectivity index (χ3n) is 5.47. The Morgan fingerprint density at radius 2 is 1.59 bits per heavy atom. The van der Waals surface area contributed by atoms with Crippen molar-refractivity contribution in [3.05, 3.63) is 75.8 Å². The van der Waals surface area contributed by atoms with Gasteiger partial charge in [-0.05, 0) is 70.1 Å². The lowest BCUT2D eigenvalue weighted by molar-refractivity contribution is 0.591. The fourth-order valence-electron chi connectivity index (χ4n) is 3.84. The van der Waals surface area contributed by atoms with Crippen LogP contribution in [0.15, 0.2) is 59.1 Å². The SMILES string of the molecule is [B]c1cccc(-n2c(-c3c(C)cccc3C)nc3cc(C(C)(C)C)ccc32)c1Br. The van der Waals surface area contributed by atoms with Gasteiger partial charge in [-0.2, -0.15) is 0 Å². The quantitative estimate of drug-likeness (QED) is 0.339. The summed E-state index contributed by atoms with van der Waals surface area (Å²) in [6.45, 7) is 11.0.